The molecular weight excluding hydrogens is 344 g/mol. The van der Waals surface area contributed by atoms with E-state index in [1.807, 2.05) is 24.7 Å². The van der Waals surface area contributed by atoms with Gasteiger partial charge in [0.05, 0.1) is 11.0 Å². The van der Waals surface area contributed by atoms with E-state index in [-0.39, 0.29) is 0 Å². The SMILES string of the molecule is c1ccc2c(c1)Cc1c-2ccc2nc3c4cnccc4c4cccnc4n3c12. The molecule has 2 aromatic carbocycles. The Kier molecular flexibility index (Phi) is 2.51. The maximum absolute atomic E-state index is 5.02. The average Bonchev–Trinajstić information content (AvgIpc) is 3.32. The number of fused-ring (bicyclic) bond motifs is 12. The van der Waals surface area contributed by atoms with Crippen molar-refractivity contribution in [2.45, 2.75) is 6.42 Å². The summed E-state index contributed by atoms with van der Waals surface area (Å²) >= 11 is 0. The van der Waals surface area contributed by atoms with Crippen molar-refractivity contribution in [1.29, 1.82) is 0 Å². The molecular formula is C24H14N4. The normalized spacial score (nSPS) is 12.9. The van der Waals surface area contributed by atoms with Crippen LogP contribution in [0.5, 0.6) is 0 Å². The second-order valence-electron chi connectivity index (χ2n) is 7.36. The Labute approximate surface area is 160 Å². The molecule has 130 valence electrons. The highest BCUT2D eigenvalue weighted by Crippen LogP contribution is 2.41. The quantitative estimate of drug-likeness (QED) is 0.352. The van der Waals surface area contributed by atoms with Crippen LogP contribution in [0.1, 0.15) is 11.1 Å². The fourth-order valence-electron chi connectivity index (χ4n) is 4.77. The number of rotatable bonds is 0. The van der Waals surface area contributed by atoms with Crippen molar-refractivity contribution < 1.29 is 0 Å². The number of hydrogen-bond donors (Lipinski definition) is 0. The van der Waals surface area contributed by atoms with Crippen molar-refractivity contribution in [3.8, 4) is 11.1 Å². The predicted octanol–water partition coefficient (Wildman–Crippen LogP) is 5.16. The number of benzene rings is 2. The highest BCUT2D eigenvalue weighted by Gasteiger charge is 2.24. The third-order valence-electron chi connectivity index (χ3n) is 5.95. The van der Waals surface area contributed by atoms with Crippen LogP contribution in [-0.4, -0.2) is 19.4 Å². The molecule has 1 aliphatic carbocycles. The van der Waals surface area contributed by atoms with Gasteiger partial charge in [-0.15, -0.1) is 0 Å². The topological polar surface area (TPSA) is 43.1 Å². The Balaban J connectivity index is 1.76. The Hall–Kier alpha value is -3.79. The molecule has 0 saturated heterocycles. The van der Waals surface area contributed by atoms with Crippen molar-refractivity contribution in [1.82, 2.24) is 19.4 Å². The lowest BCUT2D eigenvalue weighted by atomic mass is 10.0. The van der Waals surface area contributed by atoms with E-state index < -0.39 is 0 Å². The van der Waals surface area contributed by atoms with Crippen molar-refractivity contribution in [3.63, 3.8) is 0 Å². The largest absolute Gasteiger partial charge is 0.275 e. The zero-order chi connectivity index (χ0) is 18.2. The van der Waals surface area contributed by atoms with Crippen LogP contribution in [0.3, 0.4) is 0 Å². The first-order valence-electron chi connectivity index (χ1n) is 9.43. The molecule has 0 radical (unpaired) electrons. The zero-order valence-electron chi connectivity index (χ0n) is 14.9. The molecule has 0 N–H and O–H groups in total. The highest BCUT2D eigenvalue weighted by atomic mass is 15.1. The second-order valence-corrected chi connectivity index (χ2v) is 7.36. The molecule has 0 atom stereocenters. The average molecular weight is 358 g/mol. The summed E-state index contributed by atoms with van der Waals surface area (Å²) in [6, 6.07) is 19.2. The lowest BCUT2D eigenvalue weighted by molar-refractivity contribution is 1.20. The molecule has 7 rings (SSSR count). The molecule has 6 aromatic rings. The van der Waals surface area contributed by atoms with E-state index in [4.69, 9.17) is 9.97 Å². The molecule has 0 spiro atoms. The third-order valence-corrected chi connectivity index (χ3v) is 5.95. The van der Waals surface area contributed by atoms with Gasteiger partial charge in [-0.1, -0.05) is 30.3 Å². The lowest BCUT2D eigenvalue weighted by Gasteiger charge is -2.09. The highest BCUT2D eigenvalue weighted by molar-refractivity contribution is 6.13. The molecule has 0 bridgehead atoms. The number of pyridine rings is 3. The van der Waals surface area contributed by atoms with Gasteiger partial charge >= 0.3 is 0 Å². The number of aromatic nitrogens is 4. The van der Waals surface area contributed by atoms with Gasteiger partial charge < -0.3 is 0 Å². The fraction of sp³-hybridized carbons (Fsp3) is 0.0417. The van der Waals surface area contributed by atoms with E-state index in [0.717, 1.165) is 44.9 Å². The van der Waals surface area contributed by atoms with Gasteiger partial charge in [-0.2, -0.15) is 0 Å². The molecule has 0 saturated carbocycles. The standard InChI is InChI=1S/C24H14N4/c1-2-5-15-14(4-1)12-19-16(15)7-8-21-22(19)28-23-18(6-3-10-26-23)17-9-11-25-13-20(17)24(28)27-21/h1-11,13H,12H2. The van der Waals surface area contributed by atoms with Gasteiger partial charge in [-0.3, -0.25) is 9.38 Å². The van der Waals surface area contributed by atoms with Crippen LogP contribution in [0.25, 0.3) is 49.6 Å². The second kappa shape index (κ2) is 4.93. The Bertz CT molecular complexity index is 1590. The van der Waals surface area contributed by atoms with E-state index in [9.17, 15) is 0 Å². The minimum absolute atomic E-state index is 0.925. The molecule has 0 amide bonds. The number of hydrogen-bond acceptors (Lipinski definition) is 3. The molecule has 0 fully saturated rings. The van der Waals surface area contributed by atoms with E-state index in [1.165, 1.54) is 22.3 Å². The monoisotopic (exact) mass is 358 g/mol. The summed E-state index contributed by atoms with van der Waals surface area (Å²) in [7, 11) is 0. The van der Waals surface area contributed by atoms with Gasteiger partial charge in [0.1, 0.15) is 11.3 Å². The van der Waals surface area contributed by atoms with Gasteiger partial charge in [0.2, 0.25) is 0 Å². The minimum atomic E-state index is 0.925. The molecule has 0 unspecified atom stereocenters. The van der Waals surface area contributed by atoms with Crippen LogP contribution in [-0.2, 0) is 6.42 Å². The van der Waals surface area contributed by atoms with Gasteiger partial charge in [-0.25, -0.2) is 9.97 Å². The van der Waals surface area contributed by atoms with Gasteiger partial charge in [-0.05, 0) is 51.9 Å². The molecule has 4 aromatic heterocycles. The zero-order valence-corrected chi connectivity index (χ0v) is 14.9. The van der Waals surface area contributed by atoms with Crippen molar-refractivity contribution >= 4 is 38.5 Å². The van der Waals surface area contributed by atoms with Crippen molar-refractivity contribution in [2.75, 3.05) is 0 Å². The van der Waals surface area contributed by atoms with Gasteiger partial charge in [0.25, 0.3) is 0 Å². The van der Waals surface area contributed by atoms with E-state index >= 15 is 0 Å². The first kappa shape index (κ1) is 14.3. The maximum atomic E-state index is 5.02. The minimum Gasteiger partial charge on any atom is -0.275 e. The van der Waals surface area contributed by atoms with Crippen LogP contribution < -0.4 is 0 Å². The summed E-state index contributed by atoms with van der Waals surface area (Å²) in [5.41, 5.74) is 9.39. The number of nitrogens with zero attached hydrogens (tertiary/aromatic N) is 4. The summed E-state index contributed by atoms with van der Waals surface area (Å²) < 4.78 is 2.24. The lowest BCUT2D eigenvalue weighted by Crippen LogP contribution is -1.96. The molecule has 1 aliphatic rings. The van der Waals surface area contributed by atoms with E-state index in [1.54, 1.807) is 0 Å². The predicted molar refractivity (Wildman–Crippen MR) is 112 cm³/mol. The van der Waals surface area contributed by atoms with Crippen LogP contribution in [0.15, 0.2) is 73.2 Å². The number of imidazole rings is 1. The Morgan fingerprint density at radius 3 is 2.71 bits per heavy atom. The Morgan fingerprint density at radius 2 is 1.71 bits per heavy atom. The fourth-order valence-corrected chi connectivity index (χ4v) is 4.77. The van der Waals surface area contributed by atoms with Crippen molar-refractivity contribution in [2.24, 2.45) is 0 Å². The van der Waals surface area contributed by atoms with Gasteiger partial charge in [0.15, 0.2) is 0 Å². The van der Waals surface area contributed by atoms with Crippen molar-refractivity contribution in [3.05, 3.63) is 84.3 Å². The summed E-state index contributed by atoms with van der Waals surface area (Å²) in [5.74, 6) is 0. The van der Waals surface area contributed by atoms with Crippen LogP contribution in [0.2, 0.25) is 0 Å². The third kappa shape index (κ3) is 1.63. The summed E-state index contributed by atoms with van der Waals surface area (Å²) in [4.78, 5) is 14.1. The first-order valence-corrected chi connectivity index (χ1v) is 9.43. The van der Waals surface area contributed by atoms with Crippen LogP contribution in [0.4, 0.5) is 0 Å². The molecule has 0 aliphatic heterocycles. The van der Waals surface area contributed by atoms with E-state index in [0.29, 0.717) is 0 Å². The van der Waals surface area contributed by atoms with Gasteiger partial charge in [0, 0.05) is 35.8 Å². The molecule has 4 heterocycles. The summed E-state index contributed by atoms with van der Waals surface area (Å²) in [6.07, 6.45) is 6.54. The molecule has 28 heavy (non-hydrogen) atoms. The van der Waals surface area contributed by atoms with E-state index in [2.05, 4.69) is 57.9 Å². The Morgan fingerprint density at radius 1 is 0.750 bits per heavy atom. The smallest absolute Gasteiger partial charge is 0.149 e. The molecule has 4 nitrogen and oxygen atoms in total. The first-order chi connectivity index (χ1) is 13.9. The maximum Gasteiger partial charge on any atom is 0.149 e. The summed E-state index contributed by atoms with van der Waals surface area (Å²) in [6.45, 7) is 0. The summed E-state index contributed by atoms with van der Waals surface area (Å²) in [5, 5.41) is 3.32. The van der Waals surface area contributed by atoms with Crippen LogP contribution in [0, 0.1) is 0 Å². The molecule has 4 heteroatoms. The van der Waals surface area contributed by atoms with Crippen LogP contribution >= 0.6 is 0 Å².